The first kappa shape index (κ1) is 12.4. The van der Waals surface area contributed by atoms with Gasteiger partial charge >= 0.3 is 5.97 Å². The number of thiazole rings is 1. The zero-order chi connectivity index (χ0) is 12.3. The third-order valence-corrected chi connectivity index (χ3v) is 4.30. The number of anilines is 1. The van der Waals surface area contributed by atoms with Crippen LogP contribution in [-0.2, 0) is 11.2 Å². The third-order valence-electron chi connectivity index (χ3n) is 3.57. The molecule has 0 aromatic carbocycles. The van der Waals surface area contributed by atoms with Crippen molar-refractivity contribution in [2.45, 2.75) is 38.5 Å². The molecule has 1 aromatic heterocycles. The fourth-order valence-corrected chi connectivity index (χ4v) is 3.08. The molecule has 0 unspecified atom stereocenters. The number of nitrogen functional groups attached to an aromatic ring is 1. The number of hydrogen-bond donors (Lipinski definition) is 2. The second kappa shape index (κ2) is 5.49. The van der Waals surface area contributed by atoms with Crippen LogP contribution in [0.1, 0.15) is 37.8 Å². The average molecular weight is 254 g/mol. The Morgan fingerprint density at radius 1 is 1.47 bits per heavy atom. The highest BCUT2D eigenvalue weighted by atomic mass is 32.1. The van der Waals surface area contributed by atoms with E-state index >= 15 is 0 Å². The Morgan fingerprint density at radius 2 is 2.18 bits per heavy atom. The van der Waals surface area contributed by atoms with Gasteiger partial charge in [0.25, 0.3) is 0 Å². The number of rotatable bonds is 4. The smallest absolute Gasteiger partial charge is 0.306 e. The summed E-state index contributed by atoms with van der Waals surface area (Å²) in [6.07, 6.45) is 5.82. The summed E-state index contributed by atoms with van der Waals surface area (Å²) in [6, 6.07) is 0. The lowest BCUT2D eigenvalue weighted by molar-refractivity contribution is -0.143. The van der Waals surface area contributed by atoms with Crippen molar-refractivity contribution >= 4 is 22.4 Å². The van der Waals surface area contributed by atoms with Crippen LogP contribution in [0.4, 0.5) is 5.13 Å². The van der Waals surface area contributed by atoms with Gasteiger partial charge in [0.1, 0.15) is 0 Å². The van der Waals surface area contributed by atoms with Crippen molar-refractivity contribution in [3.8, 4) is 0 Å². The van der Waals surface area contributed by atoms with Gasteiger partial charge in [-0.25, -0.2) is 4.98 Å². The highest BCUT2D eigenvalue weighted by Gasteiger charge is 2.25. The van der Waals surface area contributed by atoms with Gasteiger partial charge in [0, 0.05) is 5.38 Å². The highest BCUT2D eigenvalue weighted by Crippen LogP contribution is 2.31. The van der Waals surface area contributed by atoms with E-state index in [0.29, 0.717) is 11.0 Å². The van der Waals surface area contributed by atoms with Crippen LogP contribution in [-0.4, -0.2) is 16.1 Å². The number of aryl methyl sites for hydroxylation is 1. The molecule has 1 heterocycles. The molecule has 0 amide bonds. The van der Waals surface area contributed by atoms with Gasteiger partial charge in [-0.1, -0.05) is 0 Å². The predicted molar refractivity (Wildman–Crippen MR) is 67.9 cm³/mol. The number of carboxylic acid groups (broad SMARTS) is 1. The Morgan fingerprint density at radius 3 is 2.71 bits per heavy atom. The summed E-state index contributed by atoms with van der Waals surface area (Å²) >= 11 is 1.48. The van der Waals surface area contributed by atoms with Gasteiger partial charge in [-0.05, 0) is 44.4 Å². The SMILES string of the molecule is Nc1nc(CCC2CCC(C(=O)O)CC2)cs1. The molecule has 17 heavy (non-hydrogen) atoms. The molecule has 0 radical (unpaired) electrons. The molecule has 1 aliphatic rings. The second-order valence-electron chi connectivity index (χ2n) is 4.77. The number of carboxylic acids is 1. The fourth-order valence-electron chi connectivity index (χ4n) is 2.49. The number of hydrogen-bond acceptors (Lipinski definition) is 4. The Labute approximate surface area is 105 Å². The number of aromatic nitrogens is 1. The van der Waals surface area contributed by atoms with Gasteiger partial charge < -0.3 is 10.8 Å². The van der Waals surface area contributed by atoms with Crippen LogP contribution < -0.4 is 5.73 Å². The molecule has 1 fully saturated rings. The van der Waals surface area contributed by atoms with Gasteiger partial charge in [-0.2, -0.15) is 0 Å². The van der Waals surface area contributed by atoms with Crippen LogP contribution in [0, 0.1) is 11.8 Å². The number of nitrogens with two attached hydrogens (primary N) is 1. The molecule has 2 rings (SSSR count). The minimum atomic E-state index is -0.629. The van der Waals surface area contributed by atoms with Crippen LogP contribution in [0.25, 0.3) is 0 Å². The number of aliphatic carboxylic acids is 1. The van der Waals surface area contributed by atoms with Gasteiger partial charge in [0.05, 0.1) is 11.6 Å². The molecule has 0 spiro atoms. The normalized spacial score (nSPS) is 24.7. The van der Waals surface area contributed by atoms with E-state index in [0.717, 1.165) is 44.2 Å². The minimum absolute atomic E-state index is 0.110. The second-order valence-corrected chi connectivity index (χ2v) is 5.66. The van der Waals surface area contributed by atoms with Crippen molar-refractivity contribution in [1.82, 2.24) is 4.98 Å². The van der Waals surface area contributed by atoms with Crippen molar-refractivity contribution in [1.29, 1.82) is 0 Å². The molecule has 0 saturated heterocycles. The predicted octanol–water partition coefficient (Wildman–Crippen LogP) is 2.55. The summed E-state index contributed by atoms with van der Waals surface area (Å²) in [4.78, 5) is 15.1. The molecule has 5 heteroatoms. The molecule has 3 N–H and O–H groups in total. The molecule has 1 saturated carbocycles. The molecular formula is C12H18N2O2S. The van der Waals surface area contributed by atoms with Crippen molar-refractivity contribution < 1.29 is 9.90 Å². The number of carbonyl (C=O) groups is 1. The summed E-state index contributed by atoms with van der Waals surface area (Å²) in [5, 5.41) is 11.6. The van der Waals surface area contributed by atoms with E-state index in [4.69, 9.17) is 10.8 Å². The topological polar surface area (TPSA) is 76.2 Å². The Bertz CT molecular complexity index is 384. The van der Waals surface area contributed by atoms with Crippen LogP contribution in [0.2, 0.25) is 0 Å². The largest absolute Gasteiger partial charge is 0.481 e. The van der Waals surface area contributed by atoms with E-state index in [2.05, 4.69) is 4.98 Å². The molecule has 1 aromatic rings. The van der Waals surface area contributed by atoms with Crippen LogP contribution in [0.3, 0.4) is 0 Å². The lowest BCUT2D eigenvalue weighted by Gasteiger charge is -2.25. The zero-order valence-electron chi connectivity index (χ0n) is 9.76. The standard InChI is InChI=1S/C12H18N2O2S/c13-12-14-10(7-17-12)6-3-8-1-4-9(5-2-8)11(15)16/h7-9H,1-6H2,(H2,13,14)(H,15,16). The summed E-state index contributed by atoms with van der Waals surface area (Å²) in [5.74, 6) is -0.0783. The average Bonchev–Trinajstić information content (AvgIpc) is 2.73. The first-order valence-corrected chi connectivity index (χ1v) is 6.96. The van der Waals surface area contributed by atoms with Gasteiger partial charge in [-0.15, -0.1) is 11.3 Å². The highest BCUT2D eigenvalue weighted by molar-refractivity contribution is 7.13. The number of nitrogens with zero attached hydrogens (tertiary/aromatic N) is 1. The Hall–Kier alpha value is -1.10. The quantitative estimate of drug-likeness (QED) is 0.865. The lowest BCUT2D eigenvalue weighted by Crippen LogP contribution is -2.21. The van der Waals surface area contributed by atoms with E-state index in [9.17, 15) is 4.79 Å². The van der Waals surface area contributed by atoms with Crippen molar-refractivity contribution in [2.24, 2.45) is 11.8 Å². The molecular weight excluding hydrogens is 236 g/mol. The zero-order valence-corrected chi connectivity index (χ0v) is 10.6. The first-order valence-electron chi connectivity index (χ1n) is 6.08. The lowest BCUT2D eigenvalue weighted by atomic mass is 9.80. The van der Waals surface area contributed by atoms with Crippen LogP contribution in [0.5, 0.6) is 0 Å². The van der Waals surface area contributed by atoms with E-state index < -0.39 is 5.97 Å². The third kappa shape index (κ3) is 3.43. The molecule has 0 bridgehead atoms. The maximum Gasteiger partial charge on any atom is 0.306 e. The Kier molecular flexibility index (Phi) is 3.99. The summed E-state index contributed by atoms with van der Waals surface area (Å²) in [5.41, 5.74) is 6.66. The van der Waals surface area contributed by atoms with E-state index in [1.165, 1.54) is 11.3 Å². The maximum absolute atomic E-state index is 10.8. The molecule has 1 aliphatic carbocycles. The van der Waals surface area contributed by atoms with Crippen molar-refractivity contribution in [2.75, 3.05) is 5.73 Å². The van der Waals surface area contributed by atoms with Gasteiger partial charge in [0.2, 0.25) is 0 Å². The fraction of sp³-hybridized carbons (Fsp3) is 0.667. The summed E-state index contributed by atoms with van der Waals surface area (Å²) < 4.78 is 0. The molecule has 0 aliphatic heterocycles. The maximum atomic E-state index is 10.8. The van der Waals surface area contributed by atoms with E-state index in [-0.39, 0.29) is 5.92 Å². The van der Waals surface area contributed by atoms with Crippen LogP contribution >= 0.6 is 11.3 Å². The first-order chi connectivity index (χ1) is 8.15. The molecule has 94 valence electrons. The Balaban J connectivity index is 1.73. The van der Waals surface area contributed by atoms with E-state index in [1.54, 1.807) is 0 Å². The molecule has 4 nitrogen and oxygen atoms in total. The van der Waals surface area contributed by atoms with Crippen molar-refractivity contribution in [3.05, 3.63) is 11.1 Å². The van der Waals surface area contributed by atoms with Gasteiger partial charge in [-0.3, -0.25) is 4.79 Å². The van der Waals surface area contributed by atoms with Crippen molar-refractivity contribution in [3.63, 3.8) is 0 Å². The van der Waals surface area contributed by atoms with E-state index in [1.807, 2.05) is 5.38 Å². The monoisotopic (exact) mass is 254 g/mol. The summed E-state index contributed by atoms with van der Waals surface area (Å²) in [6.45, 7) is 0. The molecule has 0 atom stereocenters. The minimum Gasteiger partial charge on any atom is -0.481 e. The van der Waals surface area contributed by atoms with Crippen LogP contribution in [0.15, 0.2) is 5.38 Å². The van der Waals surface area contributed by atoms with Gasteiger partial charge in [0.15, 0.2) is 5.13 Å². The summed E-state index contributed by atoms with van der Waals surface area (Å²) in [7, 11) is 0.